The third-order valence-corrected chi connectivity index (χ3v) is 1.46. The molecular formula is C7H3FO2S. The fourth-order valence-electron chi connectivity index (χ4n) is 0.846. The van der Waals surface area contributed by atoms with Crippen LogP contribution in [0.25, 0.3) is 11.2 Å². The average molecular weight is 170 g/mol. The number of halogens is 1. The van der Waals surface area contributed by atoms with Gasteiger partial charge in [-0.05, 0) is 12.1 Å². The molecule has 1 heterocycles. The van der Waals surface area contributed by atoms with Gasteiger partial charge in [-0.15, -0.1) is 0 Å². The lowest BCUT2D eigenvalue weighted by Gasteiger charge is -1.83. The molecule has 0 aliphatic rings. The van der Waals surface area contributed by atoms with Crippen LogP contribution in [0.1, 0.15) is 0 Å². The molecule has 0 bridgehead atoms. The van der Waals surface area contributed by atoms with E-state index in [1.165, 1.54) is 18.2 Å². The Morgan fingerprint density at radius 3 is 2.73 bits per heavy atom. The predicted octanol–water partition coefficient (Wildman–Crippen LogP) is 2.89. The summed E-state index contributed by atoms with van der Waals surface area (Å²) in [4.78, 5) is 0.0191. The molecule has 0 spiro atoms. The molecule has 11 heavy (non-hydrogen) atoms. The van der Waals surface area contributed by atoms with E-state index in [0.717, 1.165) is 0 Å². The van der Waals surface area contributed by atoms with Gasteiger partial charge in [0, 0.05) is 18.3 Å². The normalized spacial score (nSPS) is 10.6. The van der Waals surface area contributed by atoms with Crippen molar-refractivity contribution in [3.8, 4) is 0 Å². The maximum atomic E-state index is 12.5. The first-order valence-corrected chi connectivity index (χ1v) is 3.36. The highest BCUT2D eigenvalue weighted by Gasteiger charge is 2.01. The van der Waals surface area contributed by atoms with E-state index >= 15 is 0 Å². The first kappa shape index (κ1) is 6.54. The zero-order valence-corrected chi connectivity index (χ0v) is 6.15. The Labute approximate surface area is 66.2 Å². The van der Waals surface area contributed by atoms with Crippen LogP contribution in [0, 0.1) is 10.7 Å². The van der Waals surface area contributed by atoms with Crippen molar-refractivity contribution >= 4 is 23.4 Å². The van der Waals surface area contributed by atoms with Crippen LogP contribution in [0.3, 0.4) is 0 Å². The second kappa shape index (κ2) is 2.17. The van der Waals surface area contributed by atoms with Gasteiger partial charge in [-0.1, -0.05) is 0 Å². The van der Waals surface area contributed by atoms with Gasteiger partial charge in [0.05, 0.1) is 0 Å². The second-order valence-corrected chi connectivity index (χ2v) is 2.38. The molecule has 0 atom stereocenters. The second-order valence-electron chi connectivity index (χ2n) is 2.05. The summed E-state index contributed by atoms with van der Waals surface area (Å²) in [5, 5.41) is 0. The van der Waals surface area contributed by atoms with Crippen molar-refractivity contribution in [1.29, 1.82) is 0 Å². The summed E-state index contributed by atoms with van der Waals surface area (Å²) < 4.78 is 22.3. The highest BCUT2D eigenvalue weighted by Crippen LogP contribution is 2.17. The lowest BCUT2D eigenvalue weighted by Crippen LogP contribution is -1.68. The van der Waals surface area contributed by atoms with Gasteiger partial charge in [-0.25, -0.2) is 4.39 Å². The molecule has 0 aliphatic carbocycles. The minimum atomic E-state index is -0.364. The summed E-state index contributed by atoms with van der Waals surface area (Å²) in [7, 11) is 0. The van der Waals surface area contributed by atoms with Gasteiger partial charge >= 0.3 is 4.90 Å². The molecule has 2 aromatic rings. The summed E-state index contributed by atoms with van der Waals surface area (Å²) in [6, 6.07) is 3.99. The Morgan fingerprint density at radius 1 is 1.18 bits per heavy atom. The van der Waals surface area contributed by atoms with Crippen LogP contribution in [0.5, 0.6) is 0 Å². The number of benzene rings is 1. The molecule has 0 saturated carbocycles. The molecule has 0 fully saturated rings. The number of hydrogen-bond donors (Lipinski definition) is 0. The molecule has 2 rings (SSSR count). The lowest BCUT2D eigenvalue weighted by molar-refractivity contribution is 0.443. The van der Waals surface area contributed by atoms with E-state index in [9.17, 15) is 4.39 Å². The molecule has 0 radical (unpaired) electrons. The molecule has 1 aromatic carbocycles. The van der Waals surface area contributed by atoms with Crippen molar-refractivity contribution in [2.45, 2.75) is 0 Å². The van der Waals surface area contributed by atoms with Gasteiger partial charge in [-0.3, -0.25) is 0 Å². The summed E-state index contributed by atoms with van der Waals surface area (Å²) >= 11 is 4.60. The van der Waals surface area contributed by atoms with Crippen LogP contribution in [0.15, 0.2) is 27.0 Å². The Kier molecular flexibility index (Phi) is 1.29. The molecule has 0 aliphatic heterocycles. The summed E-state index contributed by atoms with van der Waals surface area (Å²) in [5.41, 5.74) is 0.811. The third kappa shape index (κ3) is 1.05. The fourth-order valence-corrected chi connectivity index (χ4v) is 1.03. The smallest absolute Gasteiger partial charge is 0.363 e. The minimum absolute atomic E-state index is 0.0191. The monoisotopic (exact) mass is 170 g/mol. The van der Waals surface area contributed by atoms with E-state index in [4.69, 9.17) is 8.83 Å². The van der Waals surface area contributed by atoms with Crippen molar-refractivity contribution in [3.05, 3.63) is 28.9 Å². The van der Waals surface area contributed by atoms with E-state index in [0.29, 0.717) is 11.2 Å². The highest BCUT2D eigenvalue weighted by molar-refractivity contribution is 7.71. The van der Waals surface area contributed by atoms with Gasteiger partial charge < -0.3 is 8.83 Å². The molecule has 0 saturated heterocycles. The van der Waals surface area contributed by atoms with E-state index in [1.54, 1.807) is 0 Å². The number of rotatable bonds is 0. The largest absolute Gasteiger partial charge is 0.413 e. The number of hydrogen-bond acceptors (Lipinski definition) is 3. The Morgan fingerprint density at radius 2 is 1.91 bits per heavy atom. The van der Waals surface area contributed by atoms with Crippen LogP contribution in [-0.4, -0.2) is 0 Å². The van der Waals surface area contributed by atoms with Crippen LogP contribution in [-0.2, 0) is 0 Å². The Hall–Kier alpha value is -1.16. The summed E-state index contributed by atoms with van der Waals surface area (Å²) in [5.74, 6) is -0.364. The molecule has 0 amide bonds. The van der Waals surface area contributed by atoms with Crippen molar-refractivity contribution in [2.24, 2.45) is 0 Å². The Balaban J connectivity index is 2.92. The maximum Gasteiger partial charge on any atom is 0.363 e. The van der Waals surface area contributed by atoms with Crippen molar-refractivity contribution in [2.75, 3.05) is 0 Å². The topological polar surface area (TPSA) is 26.3 Å². The molecule has 4 heteroatoms. The molecule has 0 N–H and O–H groups in total. The number of fused-ring (bicyclic) bond motifs is 1. The quantitative estimate of drug-likeness (QED) is 0.568. The SMILES string of the molecule is Fc1ccc2oc(=S)oc2c1. The first-order chi connectivity index (χ1) is 5.25. The molecular weight excluding hydrogens is 167 g/mol. The van der Waals surface area contributed by atoms with Gasteiger partial charge in [0.25, 0.3) is 0 Å². The molecule has 56 valence electrons. The van der Waals surface area contributed by atoms with Crippen molar-refractivity contribution in [1.82, 2.24) is 0 Å². The minimum Gasteiger partial charge on any atom is -0.413 e. The first-order valence-electron chi connectivity index (χ1n) is 2.95. The van der Waals surface area contributed by atoms with E-state index in [2.05, 4.69) is 12.2 Å². The zero-order chi connectivity index (χ0) is 7.84. The van der Waals surface area contributed by atoms with E-state index < -0.39 is 0 Å². The summed E-state index contributed by atoms with van der Waals surface area (Å²) in [6.07, 6.45) is 0. The van der Waals surface area contributed by atoms with Crippen molar-refractivity contribution in [3.63, 3.8) is 0 Å². The summed E-state index contributed by atoms with van der Waals surface area (Å²) in [6.45, 7) is 0. The molecule has 1 aromatic heterocycles. The average Bonchev–Trinajstić information content (AvgIpc) is 2.27. The zero-order valence-electron chi connectivity index (χ0n) is 5.33. The van der Waals surface area contributed by atoms with Gasteiger partial charge in [0.2, 0.25) is 0 Å². The molecule has 0 unspecified atom stereocenters. The molecule has 2 nitrogen and oxygen atoms in total. The van der Waals surface area contributed by atoms with Crippen LogP contribution in [0.2, 0.25) is 0 Å². The van der Waals surface area contributed by atoms with Crippen LogP contribution in [0.4, 0.5) is 4.39 Å². The Bertz CT molecular complexity index is 443. The highest BCUT2D eigenvalue weighted by atomic mass is 32.1. The lowest BCUT2D eigenvalue weighted by atomic mass is 10.3. The van der Waals surface area contributed by atoms with Crippen LogP contribution < -0.4 is 0 Å². The van der Waals surface area contributed by atoms with E-state index in [-0.39, 0.29) is 10.7 Å². The predicted molar refractivity (Wildman–Crippen MR) is 39.3 cm³/mol. The van der Waals surface area contributed by atoms with Crippen LogP contribution >= 0.6 is 12.2 Å². The van der Waals surface area contributed by atoms with E-state index in [1.807, 2.05) is 0 Å². The van der Waals surface area contributed by atoms with Crippen molar-refractivity contribution < 1.29 is 13.2 Å². The standard InChI is InChI=1S/C7H3FO2S/c8-4-1-2-5-6(3-4)10-7(11)9-5/h1-3H. The fraction of sp³-hybridized carbons (Fsp3) is 0. The van der Waals surface area contributed by atoms with Gasteiger partial charge in [0.15, 0.2) is 11.2 Å². The van der Waals surface area contributed by atoms with Gasteiger partial charge in [0.1, 0.15) is 5.82 Å². The van der Waals surface area contributed by atoms with Gasteiger partial charge in [-0.2, -0.15) is 0 Å². The maximum absolute atomic E-state index is 12.5. The third-order valence-electron chi connectivity index (χ3n) is 1.29.